The highest BCUT2D eigenvalue weighted by molar-refractivity contribution is 5.91. The topological polar surface area (TPSA) is 34.1 Å². The Bertz CT molecular complexity index is 513. The van der Waals surface area contributed by atoms with Crippen LogP contribution in [0.4, 0.5) is 5.69 Å². The van der Waals surface area contributed by atoms with Crippen LogP contribution in [0, 0.1) is 0 Å². The summed E-state index contributed by atoms with van der Waals surface area (Å²) < 4.78 is 5.50. The minimum Gasteiger partial charge on any atom is -0.382 e. The first-order valence-corrected chi connectivity index (χ1v) is 6.61. The number of nitrogens with zero attached hydrogens (tertiary/aromatic N) is 1. The van der Waals surface area contributed by atoms with E-state index in [1.807, 2.05) is 12.3 Å². The van der Waals surface area contributed by atoms with Crippen LogP contribution < -0.4 is 5.32 Å². The van der Waals surface area contributed by atoms with Crippen LogP contribution in [0.15, 0.2) is 36.5 Å². The third kappa shape index (κ3) is 2.46. The van der Waals surface area contributed by atoms with E-state index >= 15 is 0 Å². The summed E-state index contributed by atoms with van der Waals surface area (Å²) in [5.41, 5.74) is 2.24. The van der Waals surface area contributed by atoms with Gasteiger partial charge in [-0.3, -0.25) is 4.98 Å². The Morgan fingerprint density at radius 3 is 3.11 bits per heavy atom. The van der Waals surface area contributed by atoms with Gasteiger partial charge in [0.05, 0.1) is 5.52 Å². The summed E-state index contributed by atoms with van der Waals surface area (Å²) in [6.07, 6.45) is 5.24. The van der Waals surface area contributed by atoms with Crippen molar-refractivity contribution in [1.82, 2.24) is 4.98 Å². The van der Waals surface area contributed by atoms with Crippen LogP contribution in [0.3, 0.4) is 0 Å². The average Bonchev–Trinajstić information content (AvgIpc) is 2.68. The summed E-state index contributed by atoms with van der Waals surface area (Å²) >= 11 is 0. The van der Waals surface area contributed by atoms with Gasteiger partial charge in [-0.05, 0) is 43.5 Å². The Morgan fingerprint density at radius 1 is 1.11 bits per heavy atom. The van der Waals surface area contributed by atoms with Gasteiger partial charge >= 0.3 is 0 Å². The predicted octanol–water partition coefficient (Wildman–Crippen LogP) is 3.22. The van der Waals surface area contributed by atoms with Crippen LogP contribution in [0.1, 0.15) is 19.3 Å². The molecule has 3 nitrogen and oxygen atoms in total. The van der Waals surface area contributed by atoms with Crippen molar-refractivity contribution in [2.24, 2.45) is 0 Å². The zero-order valence-electron chi connectivity index (χ0n) is 10.4. The first kappa shape index (κ1) is 11.5. The number of hydrogen-bond acceptors (Lipinski definition) is 3. The van der Waals surface area contributed by atoms with Crippen molar-refractivity contribution in [1.29, 1.82) is 0 Å². The Kier molecular flexibility index (Phi) is 3.42. The fraction of sp³-hybridized carbons (Fsp3) is 0.400. The first-order chi connectivity index (χ1) is 8.93. The quantitative estimate of drug-likeness (QED) is 0.878. The molecule has 1 aliphatic heterocycles. The molecule has 1 aromatic heterocycles. The first-order valence-electron chi connectivity index (χ1n) is 6.61. The number of benzene rings is 1. The summed E-state index contributed by atoms with van der Waals surface area (Å²) in [5.74, 6) is 0. The molecule has 2 aromatic rings. The van der Waals surface area contributed by atoms with Crippen molar-refractivity contribution in [3.8, 4) is 0 Å². The van der Waals surface area contributed by atoms with Gasteiger partial charge in [0.1, 0.15) is 0 Å². The van der Waals surface area contributed by atoms with Crippen molar-refractivity contribution < 1.29 is 4.74 Å². The molecule has 18 heavy (non-hydrogen) atoms. The van der Waals surface area contributed by atoms with E-state index in [4.69, 9.17) is 4.74 Å². The van der Waals surface area contributed by atoms with Gasteiger partial charge < -0.3 is 10.1 Å². The largest absolute Gasteiger partial charge is 0.382 e. The number of anilines is 1. The monoisotopic (exact) mass is 242 g/mol. The molecule has 1 fully saturated rings. The lowest BCUT2D eigenvalue weighted by Gasteiger charge is -2.18. The number of rotatable bonds is 2. The molecule has 3 rings (SSSR count). The van der Waals surface area contributed by atoms with Crippen LogP contribution in [0.2, 0.25) is 0 Å². The van der Waals surface area contributed by atoms with Gasteiger partial charge in [0.2, 0.25) is 0 Å². The third-order valence-corrected chi connectivity index (χ3v) is 3.46. The lowest BCUT2D eigenvalue weighted by molar-refractivity contribution is 0.144. The maximum atomic E-state index is 5.50. The Hall–Kier alpha value is -1.61. The molecule has 1 atom stereocenters. The van der Waals surface area contributed by atoms with Gasteiger partial charge in [0.25, 0.3) is 0 Å². The van der Waals surface area contributed by atoms with Crippen LogP contribution in [-0.2, 0) is 4.74 Å². The number of ether oxygens (including phenoxy) is 1. The second kappa shape index (κ2) is 5.36. The maximum absolute atomic E-state index is 5.50. The van der Waals surface area contributed by atoms with Crippen molar-refractivity contribution >= 4 is 16.6 Å². The van der Waals surface area contributed by atoms with Crippen LogP contribution in [0.5, 0.6) is 0 Å². The number of fused-ring (bicyclic) bond motifs is 1. The lowest BCUT2D eigenvalue weighted by atomic mass is 10.1. The van der Waals surface area contributed by atoms with Crippen LogP contribution in [0.25, 0.3) is 10.9 Å². The highest BCUT2D eigenvalue weighted by Crippen LogP contribution is 2.24. The third-order valence-electron chi connectivity index (χ3n) is 3.46. The highest BCUT2D eigenvalue weighted by Gasteiger charge is 2.13. The van der Waals surface area contributed by atoms with Crippen LogP contribution in [-0.4, -0.2) is 24.2 Å². The van der Waals surface area contributed by atoms with E-state index in [-0.39, 0.29) is 0 Å². The summed E-state index contributed by atoms with van der Waals surface area (Å²) in [5, 5.41) is 4.84. The Balaban J connectivity index is 1.85. The second-order valence-electron chi connectivity index (χ2n) is 4.76. The highest BCUT2D eigenvalue weighted by atomic mass is 16.5. The van der Waals surface area contributed by atoms with Gasteiger partial charge in [0, 0.05) is 36.5 Å². The molecule has 94 valence electrons. The molecule has 0 bridgehead atoms. The SMILES string of the molecule is c1cc(NC2CCCOCC2)c2cccnc2c1. The maximum Gasteiger partial charge on any atom is 0.0722 e. The Labute approximate surface area is 107 Å². The average molecular weight is 242 g/mol. The molecule has 0 spiro atoms. The molecule has 1 unspecified atom stereocenters. The van der Waals surface area contributed by atoms with E-state index in [2.05, 4.69) is 34.6 Å². The van der Waals surface area contributed by atoms with Crippen molar-refractivity contribution in [2.75, 3.05) is 18.5 Å². The Morgan fingerprint density at radius 2 is 2.11 bits per heavy atom. The molecule has 0 aliphatic carbocycles. The molecule has 3 heteroatoms. The molecule has 0 amide bonds. The van der Waals surface area contributed by atoms with E-state index in [9.17, 15) is 0 Å². The molecular formula is C15H18N2O. The molecule has 1 aromatic carbocycles. The predicted molar refractivity (Wildman–Crippen MR) is 73.8 cm³/mol. The van der Waals surface area contributed by atoms with Crippen molar-refractivity contribution in [3.05, 3.63) is 36.5 Å². The van der Waals surface area contributed by atoms with Crippen molar-refractivity contribution in [2.45, 2.75) is 25.3 Å². The van der Waals surface area contributed by atoms with Gasteiger partial charge in [-0.25, -0.2) is 0 Å². The van der Waals surface area contributed by atoms with E-state index in [0.717, 1.165) is 31.6 Å². The van der Waals surface area contributed by atoms with Crippen LogP contribution >= 0.6 is 0 Å². The summed E-state index contributed by atoms with van der Waals surface area (Å²) in [7, 11) is 0. The zero-order valence-corrected chi connectivity index (χ0v) is 10.4. The summed E-state index contributed by atoms with van der Waals surface area (Å²) in [6.45, 7) is 1.76. The molecule has 0 radical (unpaired) electrons. The fourth-order valence-corrected chi connectivity index (χ4v) is 2.50. The molecular weight excluding hydrogens is 224 g/mol. The minimum absolute atomic E-state index is 0.512. The van der Waals surface area contributed by atoms with Crippen molar-refractivity contribution in [3.63, 3.8) is 0 Å². The number of hydrogen-bond donors (Lipinski definition) is 1. The lowest BCUT2D eigenvalue weighted by Crippen LogP contribution is -2.19. The molecule has 1 saturated heterocycles. The molecule has 1 N–H and O–H groups in total. The smallest absolute Gasteiger partial charge is 0.0722 e. The van der Waals surface area contributed by atoms with Gasteiger partial charge in [0.15, 0.2) is 0 Å². The van der Waals surface area contributed by atoms with E-state index in [1.54, 1.807) is 0 Å². The van der Waals surface area contributed by atoms with E-state index in [0.29, 0.717) is 6.04 Å². The van der Waals surface area contributed by atoms with Gasteiger partial charge in [-0.2, -0.15) is 0 Å². The second-order valence-corrected chi connectivity index (χ2v) is 4.76. The number of pyridine rings is 1. The van der Waals surface area contributed by atoms with Gasteiger partial charge in [-0.1, -0.05) is 6.07 Å². The minimum atomic E-state index is 0.512. The van der Waals surface area contributed by atoms with Gasteiger partial charge in [-0.15, -0.1) is 0 Å². The molecule has 0 saturated carbocycles. The standard InChI is InChI=1S/C15H18N2O/c1-6-14-13(5-2-9-16-14)15(7-1)17-12-4-3-10-18-11-8-12/h1-2,5-7,9,12,17H,3-4,8,10-11H2. The molecule has 1 aliphatic rings. The van der Waals surface area contributed by atoms with E-state index in [1.165, 1.54) is 17.5 Å². The number of aromatic nitrogens is 1. The number of nitrogens with one attached hydrogen (secondary N) is 1. The summed E-state index contributed by atoms with van der Waals surface area (Å²) in [6, 6.07) is 10.9. The van der Waals surface area contributed by atoms with E-state index < -0.39 is 0 Å². The normalized spacial score (nSPS) is 20.6. The fourth-order valence-electron chi connectivity index (χ4n) is 2.50. The summed E-state index contributed by atoms with van der Waals surface area (Å²) in [4.78, 5) is 4.39. The molecule has 2 heterocycles. The zero-order chi connectivity index (χ0) is 12.2.